The maximum absolute atomic E-state index is 10.0. The van der Waals surface area contributed by atoms with E-state index >= 15 is 0 Å². The Balaban J connectivity index is 2.64. The van der Waals surface area contributed by atoms with E-state index in [1.54, 1.807) is 0 Å². The summed E-state index contributed by atoms with van der Waals surface area (Å²) in [5.41, 5.74) is 0.0299. The summed E-state index contributed by atoms with van der Waals surface area (Å²) in [5, 5.41) is 18.9. The standard InChI is InChI=1S/C11H22O2/c1-8-4-6-11(3,10(8)13)9(2)5-7-12/h8-10,12-13H,4-7H2,1-3H3. The molecule has 2 heteroatoms. The summed E-state index contributed by atoms with van der Waals surface area (Å²) in [4.78, 5) is 0. The van der Waals surface area contributed by atoms with Gasteiger partial charge < -0.3 is 10.2 Å². The van der Waals surface area contributed by atoms with E-state index in [2.05, 4.69) is 20.8 Å². The quantitative estimate of drug-likeness (QED) is 0.705. The van der Waals surface area contributed by atoms with Gasteiger partial charge in [0.05, 0.1) is 6.10 Å². The predicted molar refractivity (Wildman–Crippen MR) is 53.4 cm³/mol. The summed E-state index contributed by atoms with van der Waals surface area (Å²) < 4.78 is 0. The number of hydrogen-bond donors (Lipinski definition) is 2. The van der Waals surface area contributed by atoms with Crippen LogP contribution >= 0.6 is 0 Å². The molecule has 0 spiro atoms. The van der Waals surface area contributed by atoms with Crippen LogP contribution in [0.1, 0.15) is 40.0 Å². The van der Waals surface area contributed by atoms with Gasteiger partial charge in [-0.2, -0.15) is 0 Å². The molecular formula is C11H22O2. The third kappa shape index (κ3) is 1.89. The summed E-state index contributed by atoms with van der Waals surface area (Å²) >= 11 is 0. The van der Waals surface area contributed by atoms with Gasteiger partial charge in [0.1, 0.15) is 0 Å². The van der Waals surface area contributed by atoms with Crippen molar-refractivity contribution in [2.24, 2.45) is 17.3 Å². The molecule has 13 heavy (non-hydrogen) atoms. The van der Waals surface area contributed by atoms with Crippen LogP contribution in [0.25, 0.3) is 0 Å². The summed E-state index contributed by atoms with van der Waals surface area (Å²) in [5.74, 6) is 0.837. The van der Waals surface area contributed by atoms with Crippen molar-refractivity contribution in [1.29, 1.82) is 0 Å². The summed E-state index contributed by atoms with van der Waals surface area (Å²) in [6, 6.07) is 0. The molecule has 1 saturated carbocycles. The second-order valence-electron chi connectivity index (χ2n) is 4.88. The number of rotatable bonds is 3. The minimum atomic E-state index is -0.186. The first-order valence-corrected chi connectivity index (χ1v) is 5.31. The zero-order chi connectivity index (χ0) is 10.1. The zero-order valence-electron chi connectivity index (χ0n) is 8.95. The van der Waals surface area contributed by atoms with Crippen molar-refractivity contribution >= 4 is 0 Å². The number of aliphatic hydroxyl groups is 2. The molecule has 0 aromatic rings. The lowest BCUT2D eigenvalue weighted by Crippen LogP contribution is -2.36. The molecule has 1 aliphatic rings. The molecule has 0 radical (unpaired) electrons. The van der Waals surface area contributed by atoms with E-state index in [-0.39, 0.29) is 18.1 Å². The van der Waals surface area contributed by atoms with E-state index in [0.717, 1.165) is 19.3 Å². The average Bonchev–Trinajstić information content (AvgIpc) is 2.35. The largest absolute Gasteiger partial charge is 0.396 e. The van der Waals surface area contributed by atoms with Gasteiger partial charge in [-0.25, -0.2) is 0 Å². The first-order valence-electron chi connectivity index (χ1n) is 5.31. The Labute approximate surface area is 81.0 Å². The molecule has 4 unspecified atom stereocenters. The lowest BCUT2D eigenvalue weighted by molar-refractivity contribution is -0.00207. The molecule has 0 amide bonds. The van der Waals surface area contributed by atoms with Crippen LogP contribution in [0.4, 0.5) is 0 Å². The van der Waals surface area contributed by atoms with Crippen LogP contribution in [0.15, 0.2) is 0 Å². The predicted octanol–water partition coefficient (Wildman–Crippen LogP) is 1.80. The molecule has 0 aliphatic heterocycles. The van der Waals surface area contributed by atoms with E-state index < -0.39 is 0 Å². The van der Waals surface area contributed by atoms with Gasteiger partial charge in [-0.1, -0.05) is 20.8 Å². The maximum atomic E-state index is 10.0. The summed E-state index contributed by atoms with van der Waals surface area (Å²) in [6.07, 6.45) is 2.83. The fraction of sp³-hybridized carbons (Fsp3) is 1.00. The Hall–Kier alpha value is -0.0800. The van der Waals surface area contributed by atoms with Crippen molar-refractivity contribution in [2.75, 3.05) is 6.61 Å². The molecule has 0 aromatic carbocycles. The molecule has 78 valence electrons. The average molecular weight is 186 g/mol. The Morgan fingerprint density at radius 3 is 2.54 bits per heavy atom. The number of hydrogen-bond acceptors (Lipinski definition) is 2. The van der Waals surface area contributed by atoms with Crippen LogP contribution < -0.4 is 0 Å². The first kappa shape index (κ1) is 11.0. The van der Waals surface area contributed by atoms with Crippen LogP contribution in [0, 0.1) is 17.3 Å². The number of aliphatic hydroxyl groups excluding tert-OH is 2. The van der Waals surface area contributed by atoms with Gasteiger partial charge in [0.2, 0.25) is 0 Å². The molecule has 0 bridgehead atoms. The van der Waals surface area contributed by atoms with Gasteiger partial charge >= 0.3 is 0 Å². The molecule has 1 aliphatic carbocycles. The molecule has 0 heterocycles. The van der Waals surface area contributed by atoms with Gasteiger partial charge in [-0.3, -0.25) is 0 Å². The van der Waals surface area contributed by atoms with E-state index in [0.29, 0.717) is 11.8 Å². The first-order chi connectivity index (χ1) is 6.02. The van der Waals surface area contributed by atoms with Crippen molar-refractivity contribution in [3.05, 3.63) is 0 Å². The SMILES string of the molecule is CC1CCC(C)(C(C)CCO)C1O. The van der Waals surface area contributed by atoms with Gasteiger partial charge in [-0.05, 0) is 36.5 Å². The third-order valence-corrected chi connectivity index (χ3v) is 4.04. The minimum Gasteiger partial charge on any atom is -0.396 e. The van der Waals surface area contributed by atoms with Crippen LogP contribution in [0.5, 0.6) is 0 Å². The van der Waals surface area contributed by atoms with Gasteiger partial charge in [0.25, 0.3) is 0 Å². The summed E-state index contributed by atoms with van der Waals surface area (Å²) in [6.45, 7) is 6.64. The fourth-order valence-electron chi connectivity index (χ4n) is 2.56. The van der Waals surface area contributed by atoms with Crippen LogP contribution in [0.2, 0.25) is 0 Å². The zero-order valence-corrected chi connectivity index (χ0v) is 8.95. The van der Waals surface area contributed by atoms with E-state index in [4.69, 9.17) is 5.11 Å². The Kier molecular flexibility index (Phi) is 3.36. The van der Waals surface area contributed by atoms with Crippen LogP contribution in [0.3, 0.4) is 0 Å². The Bertz CT molecular complexity index is 169. The highest BCUT2D eigenvalue weighted by molar-refractivity contribution is 4.95. The molecule has 2 N–H and O–H groups in total. The Morgan fingerprint density at radius 1 is 1.54 bits per heavy atom. The van der Waals surface area contributed by atoms with Gasteiger partial charge in [-0.15, -0.1) is 0 Å². The lowest BCUT2D eigenvalue weighted by atomic mass is 9.73. The monoisotopic (exact) mass is 186 g/mol. The molecule has 0 saturated heterocycles. The van der Waals surface area contributed by atoms with Gasteiger partial charge in [0, 0.05) is 6.61 Å². The molecule has 1 rings (SSSR count). The molecule has 2 nitrogen and oxygen atoms in total. The molecule has 4 atom stereocenters. The van der Waals surface area contributed by atoms with Crippen molar-refractivity contribution in [3.63, 3.8) is 0 Å². The van der Waals surface area contributed by atoms with Crippen molar-refractivity contribution < 1.29 is 10.2 Å². The van der Waals surface area contributed by atoms with E-state index in [1.165, 1.54) is 0 Å². The second kappa shape index (κ2) is 3.97. The van der Waals surface area contributed by atoms with Crippen LogP contribution in [-0.4, -0.2) is 22.9 Å². The topological polar surface area (TPSA) is 40.5 Å². The van der Waals surface area contributed by atoms with E-state index in [1.807, 2.05) is 0 Å². The van der Waals surface area contributed by atoms with Crippen molar-refractivity contribution in [2.45, 2.75) is 46.1 Å². The van der Waals surface area contributed by atoms with Crippen LogP contribution in [-0.2, 0) is 0 Å². The normalized spacial score (nSPS) is 42.2. The second-order valence-corrected chi connectivity index (χ2v) is 4.88. The fourth-order valence-corrected chi connectivity index (χ4v) is 2.56. The molecular weight excluding hydrogens is 164 g/mol. The maximum Gasteiger partial charge on any atom is 0.0621 e. The van der Waals surface area contributed by atoms with Crippen molar-refractivity contribution in [3.8, 4) is 0 Å². The van der Waals surface area contributed by atoms with Crippen molar-refractivity contribution in [1.82, 2.24) is 0 Å². The lowest BCUT2D eigenvalue weighted by Gasteiger charge is -2.35. The third-order valence-electron chi connectivity index (χ3n) is 4.04. The summed E-state index contributed by atoms with van der Waals surface area (Å²) in [7, 11) is 0. The molecule has 1 fully saturated rings. The highest BCUT2D eigenvalue weighted by Gasteiger charge is 2.45. The smallest absolute Gasteiger partial charge is 0.0621 e. The minimum absolute atomic E-state index is 0.0299. The molecule has 0 aromatic heterocycles. The highest BCUT2D eigenvalue weighted by atomic mass is 16.3. The highest BCUT2D eigenvalue weighted by Crippen LogP contribution is 2.47. The van der Waals surface area contributed by atoms with Gasteiger partial charge in [0.15, 0.2) is 0 Å². The van der Waals surface area contributed by atoms with E-state index in [9.17, 15) is 5.11 Å². The Morgan fingerprint density at radius 2 is 2.15 bits per heavy atom.